The first-order valence-corrected chi connectivity index (χ1v) is 5.29. The number of pyridine rings is 1. The highest BCUT2D eigenvalue weighted by atomic mass is 16.4. The van der Waals surface area contributed by atoms with E-state index in [0.717, 1.165) is 0 Å². The number of carboxylic acids is 1. The second-order valence-corrected chi connectivity index (χ2v) is 4.08. The van der Waals surface area contributed by atoms with E-state index in [1.54, 1.807) is 22.9 Å². The molecule has 6 nitrogen and oxygen atoms in total. The van der Waals surface area contributed by atoms with Crippen molar-refractivity contribution in [1.29, 1.82) is 0 Å². The maximum absolute atomic E-state index is 11.3. The van der Waals surface area contributed by atoms with E-state index in [1.807, 2.05) is 6.07 Å². The van der Waals surface area contributed by atoms with Crippen molar-refractivity contribution in [3.63, 3.8) is 0 Å². The number of hydrogen-bond donors (Lipinski definition) is 1. The summed E-state index contributed by atoms with van der Waals surface area (Å²) in [4.78, 5) is 15.4. The average Bonchev–Trinajstić information content (AvgIpc) is 3.02. The molecule has 1 N–H and O–H groups in total. The van der Waals surface area contributed by atoms with Crippen LogP contribution in [0.1, 0.15) is 12.8 Å². The Balaban J connectivity index is 2.10. The summed E-state index contributed by atoms with van der Waals surface area (Å²) < 4.78 is 1.61. The van der Waals surface area contributed by atoms with Crippen LogP contribution in [0.5, 0.6) is 0 Å². The van der Waals surface area contributed by atoms with Crippen LogP contribution in [-0.2, 0) is 10.3 Å². The summed E-state index contributed by atoms with van der Waals surface area (Å²) in [7, 11) is 0. The molecule has 0 atom stereocenters. The maximum atomic E-state index is 11.3. The maximum Gasteiger partial charge on any atom is 0.330 e. The number of carboxylic acid groups (broad SMARTS) is 1. The zero-order chi connectivity index (χ0) is 11.9. The Labute approximate surface area is 96.9 Å². The predicted molar refractivity (Wildman–Crippen MR) is 58.1 cm³/mol. The molecule has 0 aliphatic heterocycles. The fraction of sp³-hybridized carbons (Fsp3) is 0.273. The minimum absolute atomic E-state index is 0.505. The number of aliphatic carboxylic acids is 1. The van der Waals surface area contributed by atoms with Crippen LogP contribution < -0.4 is 0 Å². The van der Waals surface area contributed by atoms with Gasteiger partial charge in [0.05, 0.1) is 0 Å². The van der Waals surface area contributed by atoms with Crippen molar-refractivity contribution in [1.82, 2.24) is 19.7 Å². The fourth-order valence-corrected chi connectivity index (χ4v) is 1.89. The van der Waals surface area contributed by atoms with Gasteiger partial charge < -0.3 is 5.11 Å². The molecular weight excluding hydrogens is 220 g/mol. The second-order valence-electron chi connectivity index (χ2n) is 4.08. The first-order valence-electron chi connectivity index (χ1n) is 5.29. The van der Waals surface area contributed by atoms with E-state index in [1.165, 1.54) is 6.33 Å². The van der Waals surface area contributed by atoms with Gasteiger partial charge in [0, 0.05) is 6.20 Å². The number of carbonyl (C=O) groups is 1. The minimum atomic E-state index is -0.865. The zero-order valence-corrected chi connectivity index (χ0v) is 8.95. The SMILES string of the molecule is O=C(O)C1(n2cnnc2-c2ccccn2)CC1. The van der Waals surface area contributed by atoms with Gasteiger partial charge in [0.1, 0.15) is 17.6 Å². The standard InChI is InChI=1S/C11H10N4O2/c16-10(17)11(4-5-11)15-7-13-14-9(15)8-3-1-2-6-12-8/h1-3,6-7H,4-5H2,(H,16,17). The van der Waals surface area contributed by atoms with Crippen LogP contribution in [-0.4, -0.2) is 30.8 Å². The van der Waals surface area contributed by atoms with Gasteiger partial charge in [-0.3, -0.25) is 9.55 Å². The van der Waals surface area contributed by atoms with E-state index < -0.39 is 11.5 Å². The molecule has 2 heterocycles. The fourth-order valence-electron chi connectivity index (χ4n) is 1.89. The molecule has 0 saturated heterocycles. The van der Waals surface area contributed by atoms with Crippen molar-refractivity contribution in [3.8, 4) is 11.5 Å². The van der Waals surface area contributed by atoms with Gasteiger partial charge in [-0.05, 0) is 25.0 Å². The zero-order valence-electron chi connectivity index (χ0n) is 8.95. The Bertz CT molecular complexity index is 560. The summed E-state index contributed by atoms with van der Waals surface area (Å²) in [6.07, 6.45) is 4.33. The molecule has 2 aromatic heterocycles. The van der Waals surface area contributed by atoms with Crippen LogP contribution >= 0.6 is 0 Å². The number of hydrogen-bond acceptors (Lipinski definition) is 4. The Morgan fingerprint density at radius 3 is 2.82 bits per heavy atom. The first kappa shape index (κ1) is 9.95. The third-order valence-electron chi connectivity index (χ3n) is 3.02. The van der Waals surface area contributed by atoms with Gasteiger partial charge in [-0.25, -0.2) is 4.79 Å². The van der Waals surface area contributed by atoms with Crippen LogP contribution in [0.3, 0.4) is 0 Å². The Morgan fingerprint density at radius 2 is 2.24 bits per heavy atom. The molecule has 0 aromatic carbocycles. The lowest BCUT2D eigenvalue weighted by Crippen LogP contribution is -2.27. The molecule has 17 heavy (non-hydrogen) atoms. The van der Waals surface area contributed by atoms with Crippen molar-refractivity contribution >= 4 is 5.97 Å². The highest BCUT2D eigenvalue weighted by molar-refractivity contribution is 5.81. The third kappa shape index (κ3) is 1.41. The molecule has 3 rings (SSSR count). The summed E-state index contributed by atoms with van der Waals surface area (Å²) in [6, 6.07) is 5.43. The summed E-state index contributed by atoms with van der Waals surface area (Å²) >= 11 is 0. The van der Waals surface area contributed by atoms with Crippen LogP contribution in [0.15, 0.2) is 30.7 Å². The van der Waals surface area contributed by atoms with Gasteiger partial charge in [0.15, 0.2) is 5.82 Å². The van der Waals surface area contributed by atoms with Crippen LogP contribution in [0, 0.1) is 0 Å². The molecule has 1 aliphatic carbocycles. The largest absolute Gasteiger partial charge is 0.479 e. The molecule has 2 aromatic rings. The smallest absolute Gasteiger partial charge is 0.330 e. The van der Waals surface area contributed by atoms with E-state index in [2.05, 4.69) is 15.2 Å². The average molecular weight is 230 g/mol. The van der Waals surface area contributed by atoms with Gasteiger partial charge in [-0.2, -0.15) is 0 Å². The second kappa shape index (κ2) is 3.38. The highest BCUT2D eigenvalue weighted by Gasteiger charge is 2.53. The van der Waals surface area contributed by atoms with E-state index in [9.17, 15) is 9.90 Å². The lowest BCUT2D eigenvalue weighted by Gasteiger charge is -2.13. The molecule has 0 amide bonds. The topological polar surface area (TPSA) is 80.9 Å². The molecule has 1 fully saturated rings. The molecule has 1 saturated carbocycles. The van der Waals surface area contributed by atoms with Crippen LogP contribution in [0.4, 0.5) is 0 Å². The van der Waals surface area contributed by atoms with Crippen LogP contribution in [0.25, 0.3) is 11.5 Å². The molecule has 6 heteroatoms. The highest BCUT2D eigenvalue weighted by Crippen LogP contribution is 2.45. The lowest BCUT2D eigenvalue weighted by molar-refractivity contribution is -0.142. The molecule has 0 bridgehead atoms. The summed E-state index contributed by atoms with van der Waals surface area (Å²) in [5.41, 5.74) is -0.228. The molecular formula is C11H10N4O2. The van der Waals surface area contributed by atoms with Gasteiger partial charge in [-0.1, -0.05) is 6.07 Å². The molecule has 0 unspecified atom stereocenters. The van der Waals surface area contributed by atoms with E-state index in [4.69, 9.17) is 0 Å². The monoisotopic (exact) mass is 230 g/mol. The van der Waals surface area contributed by atoms with Gasteiger partial charge in [-0.15, -0.1) is 10.2 Å². The van der Waals surface area contributed by atoms with Crippen LogP contribution in [0.2, 0.25) is 0 Å². The van der Waals surface area contributed by atoms with Crippen molar-refractivity contribution in [3.05, 3.63) is 30.7 Å². The van der Waals surface area contributed by atoms with Gasteiger partial charge in [0.2, 0.25) is 0 Å². The number of aromatic nitrogens is 4. The Kier molecular flexibility index (Phi) is 1.98. The van der Waals surface area contributed by atoms with Gasteiger partial charge >= 0.3 is 5.97 Å². The van der Waals surface area contributed by atoms with E-state index in [0.29, 0.717) is 24.4 Å². The molecule has 1 aliphatic rings. The molecule has 0 radical (unpaired) electrons. The number of rotatable bonds is 3. The molecule has 86 valence electrons. The van der Waals surface area contributed by atoms with Gasteiger partial charge in [0.25, 0.3) is 0 Å². The first-order chi connectivity index (χ1) is 8.24. The van der Waals surface area contributed by atoms with Crippen molar-refractivity contribution in [2.45, 2.75) is 18.4 Å². The Hall–Kier alpha value is -2.24. The summed E-state index contributed by atoms with van der Waals surface area (Å²) in [5, 5.41) is 17.0. The van der Waals surface area contributed by atoms with Crippen molar-refractivity contribution in [2.24, 2.45) is 0 Å². The summed E-state index contributed by atoms with van der Waals surface area (Å²) in [6.45, 7) is 0. The lowest BCUT2D eigenvalue weighted by atomic mass is 10.2. The minimum Gasteiger partial charge on any atom is -0.479 e. The van der Waals surface area contributed by atoms with Crippen molar-refractivity contribution < 1.29 is 9.90 Å². The normalized spacial score (nSPS) is 16.7. The quantitative estimate of drug-likeness (QED) is 0.847. The number of nitrogens with zero attached hydrogens (tertiary/aromatic N) is 4. The Morgan fingerprint density at radius 1 is 1.41 bits per heavy atom. The molecule has 0 spiro atoms. The van der Waals surface area contributed by atoms with E-state index >= 15 is 0 Å². The predicted octanol–water partition coefficient (Wildman–Crippen LogP) is 0.914. The third-order valence-corrected chi connectivity index (χ3v) is 3.02. The van der Waals surface area contributed by atoms with E-state index in [-0.39, 0.29) is 0 Å². The van der Waals surface area contributed by atoms with Crippen molar-refractivity contribution in [2.75, 3.05) is 0 Å². The summed E-state index contributed by atoms with van der Waals surface area (Å²) in [5.74, 6) is -0.333.